The molecule has 1 aromatic rings. The molecule has 1 aliphatic heterocycles. The molecule has 0 spiro atoms. The van der Waals surface area contributed by atoms with Gasteiger partial charge in [0, 0.05) is 6.61 Å². The van der Waals surface area contributed by atoms with Crippen LogP contribution in [0.3, 0.4) is 0 Å². The SMILES string of the molecule is Cc1nnc(NC2(C)CCCOC2)c(C#N)c1C. The first-order valence-electron chi connectivity index (χ1n) is 6.16. The van der Waals surface area contributed by atoms with Gasteiger partial charge in [-0.1, -0.05) is 0 Å². The van der Waals surface area contributed by atoms with Crippen LogP contribution in [0.15, 0.2) is 0 Å². The Morgan fingerprint density at radius 2 is 2.17 bits per heavy atom. The van der Waals surface area contributed by atoms with Crippen molar-refractivity contribution in [1.29, 1.82) is 5.26 Å². The van der Waals surface area contributed by atoms with Crippen LogP contribution in [0, 0.1) is 25.2 Å². The second kappa shape index (κ2) is 4.91. The standard InChI is InChI=1S/C13H18N4O/c1-9-10(2)16-17-12(11(9)7-14)15-13(3)5-4-6-18-8-13/h4-6,8H2,1-3H3,(H,15,17). The van der Waals surface area contributed by atoms with Gasteiger partial charge < -0.3 is 10.1 Å². The zero-order valence-electron chi connectivity index (χ0n) is 11.1. The van der Waals surface area contributed by atoms with Crippen molar-refractivity contribution in [2.45, 2.75) is 39.2 Å². The van der Waals surface area contributed by atoms with Crippen molar-refractivity contribution in [2.75, 3.05) is 18.5 Å². The number of rotatable bonds is 2. The van der Waals surface area contributed by atoms with Crippen LogP contribution in [0.1, 0.15) is 36.6 Å². The molecule has 18 heavy (non-hydrogen) atoms. The van der Waals surface area contributed by atoms with E-state index in [0.717, 1.165) is 30.7 Å². The van der Waals surface area contributed by atoms with Gasteiger partial charge in [0.05, 0.1) is 17.8 Å². The lowest BCUT2D eigenvalue weighted by atomic mass is 9.94. The fourth-order valence-corrected chi connectivity index (χ4v) is 2.15. The average molecular weight is 246 g/mol. The zero-order chi connectivity index (χ0) is 13.2. The first kappa shape index (κ1) is 12.8. The second-order valence-corrected chi connectivity index (χ2v) is 5.09. The molecule has 5 heteroatoms. The fourth-order valence-electron chi connectivity index (χ4n) is 2.15. The summed E-state index contributed by atoms with van der Waals surface area (Å²) in [5, 5.41) is 20.8. The number of hydrogen-bond acceptors (Lipinski definition) is 5. The lowest BCUT2D eigenvalue weighted by Crippen LogP contribution is -2.43. The number of aromatic nitrogens is 2. The molecule has 1 unspecified atom stereocenters. The molecule has 0 aliphatic carbocycles. The van der Waals surface area contributed by atoms with E-state index in [1.54, 1.807) is 0 Å². The highest BCUT2D eigenvalue weighted by Crippen LogP contribution is 2.26. The molecule has 0 bridgehead atoms. The summed E-state index contributed by atoms with van der Waals surface area (Å²) in [6, 6.07) is 2.21. The van der Waals surface area contributed by atoms with E-state index in [1.165, 1.54) is 0 Å². The van der Waals surface area contributed by atoms with Crippen LogP contribution in [0.2, 0.25) is 0 Å². The number of aryl methyl sites for hydroxylation is 1. The summed E-state index contributed by atoms with van der Waals surface area (Å²) < 4.78 is 5.49. The highest BCUT2D eigenvalue weighted by Gasteiger charge is 2.29. The van der Waals surface area contributed by atoms with Gasteiger partial charge in [-0.05, 0) is 39.2 Å². The van der Waals surface area contributed by atoms with Gasteiger partial charge in [-0.25, -0.2) is 0 Å². The third-order valence-electron chi connectivity index (χ3n) is 3.42. The Hall–Kier alpha value is -1.67. The number of hydrogen-bond donors (Lipinski definition) is 1. The van der Waals surface area contributed by atoms with Crippen LogP contribution in [0.25, 0.3) is 0 Å². The summed E-state index contributed by atoms with van der Waals surface area (Å²) in [6.07, 6.45) is 2.02. The maximum absolute atomic E-state index is 9.25. The van der Waals surface area contributed by atoms with Crippen molar-refractivity contribution >= 4 is 5.82 Å². The van der Waals surface area contributed by atoms with Crippen LogP contribution in [0.4, 0.5) is 5.82 Å². The summed E-state index contributed by atoms with van der Waals surface area (Å²) in [5.41, 5.74) is 2.09. The summed E-state index contributed by atoms with van der Waals surface area (Å²) in [5.74, 6) is 0.564. The van der Waals surface area contributed by atoms with E-state index in [1.807, 2.05) is 13.8 Å². The maximum Gasteiger partial charge on any atom is 0.167 e. The second-order valence-electron chi connectivity index (χ2n) is 5.09. The Balaban J connectivity index is 2.29. The zero-order valence-corrected chi connectivity index (χ0v) is 11.1. The first-order valence-corrected chi connectivity index (χ1v) is 6.16. The van der Waals surface area contributed by atoms with E-state index in [0.29, 0.717) is 18.0 Å². The number of nitrogens with one attached hydrogen (secondary N) is 1. The van der Waals surface area contributed by atoms with Crippen molar-refractivity contribution in [3.63, 3.8) is 0 Å². The van der Waals surface area contributed by atoms with Gasteiger partial charge in [0.15, 0.2) is 5.82 Å². The number of ether oxygens (including phenoxy) is 1. The van der Waals surface area contributed by atoms with Crippen molar-refractivity contribution in [3.8, 4) is 6.07 Å². The molecule has 2 heterocycles. The van der Waals surface area contributed by atoms with E-state index in [-0.39, 0.29) is 5.54 Å². The molecule has 1 fully saturated rings. The van der Waals surface area contributed by atoms with Gasteiger partial charge in [-0.3, -0.25) is 0 Å². The largest absolute Gasteiger partial charge is 0.379 e. The predicted molar refractivity (Wildman–Crippen MR) is 68.3 cm³/mol. The molecule has 1 N–H and O–H groups in total. The van der Waals surface area contributed by atoms with Gasteiger partial charge >= 0.3 is 0 Å². The normalized spacial score (nSPS) is 23.4. The number of nitriles is 1. The molecule has 5 nitrogen and oxygen atoms in total. The molecule has 1 atom stereocenters. The van der Waals surface area contributed by atoms with Crippen molar-refractivity contribution in [3.05, 3.63) is 16.8 Å². The Labute approximate surface area is 107 Å². The monoisotopic (exact) mass is 246 g/mol. The quantitative estimate of drug-likeness (QED) is 0.863. The molecular weight excluding hydrogens is 228 g/mol. The minimum absolute atomic E-state index is 0.166. The molecule has 0 radical (unpaired) electrons. The van der Waals surface area contributed by atoms with E-state index in [4.69, 9.17) is 4.74 Å². The Morgan fingerprint density at radius 1 is 1.39 bits per heavy atom. The lowest BCUT2D eigenvalue weighted by molar-refractivity contribution is 0.0538. The average Bonchev–Trinajstić information content (AvgIpc) is 2.35. The Bertz CT molecular complexity index is 486. The van der Waals surface area contributed by atoms with E-state index in [2.05, 4.69) is 28.5 Å². The van der Waals surface area contributed by atoms with E-state index < -0.39 is 0 Å². The van der Waals surface area contributed by atoms with Crippen molar-refractivity contribution in [2.24, 2.45) is 0 Å². The molecule has 0 amide bonds. The topological polar surface area (TPSA) is 70.8 Å². The minimum Gasteiger partial charge on any atom is -0.379 e. The van der Waals surface area contributed by atoms with E-state index >= 15 is 0 Å². The molecule has 0 saturated carbocycles. The van der Waals surface area contributed by atoms with Gasteiger partial charge in [-0.2, -0.15) is 10.4 Å². The van der Waals surface area contributed by atoms with Gasteiger partial charge in [-0.15, -0.1) is 5.10 Å². The molecule has 1 saturated heterocycles. The third-order valence-corrected chi connectivity index (χ3v) is 3.42. The Kier molecular flexibility index (Phi) is 3.48. The molecule has 96 valence electrons. The first-order chi connectivity index (χ1) is 8.56. The summed E-state index contributed by atoms with van der Waals surface area (Å²) in [7, 11) is 0. The van der Waals surface area contributed by atoms with Gasteiger partial charge in [0.1, 0.15) is 11.6 Å². The molecule has 1 aromatic heterocycles. The molecule has 2 rings (SSSR count). The molecule has 1 aliphatic rings. The van der Waals surface area contributed by atoms with Crippen LogP contribution in [0.5, 0.6) is 0 Å². The highest BCUT2D eigenvalue weighted by atomic mass is 16.5. The fraction of sp³-hybridized carbons (Fsp3) is 0.615. The minimum atomic E-state index is -0.166. The Morgan fingerprint density at radius 3 is 2.78 bits per heavy atom. The third kappa shape index (κ3) is 2.44. The highest BCUT2D eigenvalue weighted by molar-refractivity contribution is 5.56. The summed E-state index contributed by atoms with van der Waals surface area (Å²) >= 11 is 0. The van der Waals surface area contributed by atoms with Crippen LogP contribution in [-0.4, -0.2) is 29.0 Å². The molecular formula is C13H18N4O. The van der Waals surface area contributed by atoms with Gasteiger partial charge in [0.2, 0.25) is 0 Å². The van der Waals surface area contributed by atoms with Crippen LogP contribution in [-0.2, 0) is 4.74 Å². The van der Waals surface area contributed by atoms with Crippen molar-refractivity contribution < 1.29 is 4.74 Å². The maximum atomic E-state index is 9.25. The summed E-state index contributed by atoms with van der Waals surface area (Å²) in [6.45, 7) is 7.28. The van der Waals surface area contributed by atoms with Crippen LogP contribution >= 0.6 is 0 Å². The lowest BCUT2D eigenvalue weighted by Gasteiger charge is -2.34. The predicted octanol–water partition coefficient (Wildman–Crippen LogP) is 1.95. The van der Waals surface area contributed by atoms with E-state index in [9.17, 15) is 5.26 Å². The van der Waals surface area contributed by atoms with Crippen LogP contribution < -0.4 is 5.32 Å². The summed E-state index contributed by atoms with van der Waals surface area (Å²) in [4.78, 5) is 0. The number of anilines is 1. The smallest absolute Gasteiger partial charge is 0.167 e. The van der Waals surface area contributed by atoms with Gasteiger partial charge in [0.25, 0.3) is 0 Å². The molecule has 0 aromatic carbocycles. The number of nitrogens with zero attached hydrogens (tertiary/aromatic N) is 3. The van der Waals surface area contributed by atoms with Crippen molar-refractivity contribution in [1.82, 2.24) is 10.2 Å².